The lowest BCUT2D eigenvalue weighted by atomic mass is 9.79. The van der Waals surface area contributed by atoms with Crippen molar-refractivity contribution in [2.24, 2.45) is 5.41 Å². The molecule has 0 saturated carbocycles. The Labute approximate surface area is 123 Å². The van der Waals surface area contributed by atoms with Crippen LogP contribution >= 0.6 is 0 Å². The van der Waals surface area contributed by atoms with Crippen molar-refractivity contribution in [3.8, 4) is 6.07 Å². The van der Waals surface area contributed by atoms with E-state index >= 15 is 0 Å². The van der Waals surface area contributed by atoms with Gasteiger partial charge in [-0.1, -0.05) is 33.1 Å². The molecule has 0 radical (unpaired) electrons. The van der Waals surface area contributed by atoms with Gasteiger partial charge < -0.3 is 10.2 Å². The average Bonchev–Trinajstić information content (AvgIpc) is 2.45. The molecule has 20 heavy (non-hydrogen) atoms. The first-order chi connectivity index (χ1) is 9.59. The van der Waals surface area contributed by atoms with Crippen LogP contribution < -0.4 is 5.32 Å². The van der Waals surface area contributed by atoms with Crippen LogP contribution in [0.2, 0.25) is 0 Å². The van der Waals surface area contributed by atoms with E-state index in [1.165, 1.54) is 12.8 Å². The van der Waals surface area contributed by atoms with E-state index in [-0.39, 0.29) is 5.91 Å². The number of likely N-dealkylation sites (N-methyl/N-ethyl adjacent to an activating group) is 1. The smallest absolute Gasteiger partial charge is 0.240 e. The SMILES string of the molecule is CCCC(C#N)(CCC)C(=O)NCC1CCCCN1C. The molecule has 0 aliphatic carbocycles. The van der Waals surface area contributed by atoms with E-state index in [4.69, 9.17) is 0 Å². The second-order valence-corrected chi connectivity index (χ2v) is 6.03. The van der Waals surface area contributed by atoms with Gasteiger partial charge in [-0.3, -0.25) is 4.79 Å². The molecule has 1 amide bonds. The Morgan fingerprint density at radius 1 is 1.35 bits per heavy atom. The van der Waals surface area contributed by atoms with Crippen LogP contribution in [0.5, 0.6) is 0 Å². The van der Waals surface area contributed by atoms with Crippen LogP contribution in [0.15, 0.2) is 0 Å². The van der Waals surface area contributed by atoms with Gasteiger partial charge in [0.25, 0.3) is 0 Å². The third-order valence-electron chi connectivity index (χ3n) is 4.42. The maximum atomic E-state index is 12.5. The highest BCUT2D eigenvalue weighted by molar-refractivity contribution is 5.85. The first kappa shape index (κ1) is 17.0. The standard InChI is InChI=1S/C16H29N3O/c1-4-9-16(13-17,10-5-2)15(20)18-12-14-8-6-7-11-19(14)3/h14H,4-12H2,1-3H3,(H,18,20). The van der Waals surface area contributed by atoms with Crippen LogP contribution in [-0.4, -0.2) is 37.0 Å². The lowest BCUT2D eigenvalue weighted by molar-refractivity contribution is -0.129. The van der Waals surface area contributed by atoms with E-state index in [0.717, 1.165) is 25.8 Å². The zero-order valence-electron chi connectivity index (χ0n) is 13.2. The number of amides is 1. The Balaban J connectivity index is 2.59. The largest absolute Gasteiger partial charge is 0.353 e. The molecule has 1 heterocycles. The summed E-state index contributed by atoms with van der Waals surface area (Å²) in [4.78, 5) is 14.8. The Morgan fingerprint density at radius 3 is 2.50 bits per heavy atom. The highest BCUT2D eigenvalue weighted by Crippen LogP contribution is 2.29. The van der Waals surface area contributed by atoms with E-state index in [2.05, 4.69) is 23.3 Å². The van der Waals surface area contributed by atoms with Crippen LogP contribution in [-0.2, 0) is 4.79 Å². The van der Waals surface area contributed by atoms with Crippen molar-refractivity contribution in [1.29, 1.82) is 5.26 Å². The number of nitrogens with zero attached hydrogens (tertiary/aromatic N) is 2. The normalized spacial score (nSPS) is 20.4. The number of carbonyl (C=O) groups excluding carboxylic acids is 1. The monoisotopic (exact) mass is 279 g/mol. The van der Waals surface area contributed by atoms with Crippen molar-refractivity contribution in [3.63, 3.8) is 0 Å². The average molecular weight is 279 g/mol. The van der Waals surface area contributed by atoms with Crippen molar-refractivity contribution < 1.29 is 4.79 Å². The summed E-state index contributed by atoms with van der Waals surface area (Å²) in [5.41, 5.74) is -0.823. The minimum atomic E-state index is -0.823. The predicted molar refractivity (Wildman–Crippen MR) is 81.1 cm³/mol. The first-order valence-corrected chi connectivity index (χ1v) is 7.99. The van der Waals surface area contributed by atoms with Crippen molar-refractivity contribution in [3.05, 3.63) is 0 Å². The minimum Gasteiger partial charge on any atom is -0.353 e. The molecule has 1 aliphatic rings. The number of likely N-dealkylation sites (tertiary alicyclic amines) is 1. The molecule has 1 rings (SSSR count). The highest BCUT2D eigenvalue weighted by Gasteiger charge is 2.37. The molecule has 0 bridgehead atoms. The minimum absolute atomic E-state index is 0.0670. The summed E-state index contributed by atoms with van der Waals surface area (Å²) < 4.78 is 0. The molecular weight excluding hydrogens is 250 g/mol. The number of nitrogens with one attached hydrogen (secondary N) is 1. The number of hydrogen-bond acceptors (Lipinski definition) is 3. The second kappa shape index (κ2) is 8.26. The van der Waals surface area contributed by atoms with E-state index in [9.17, 15) is 10.1 Å². The molecule has 1 fully saturated rings. The third-order valence-corrected chi connectivity index (χ3v) is 4.42. The van der Waals surface area contributed by atoms with Gasteiger partial charge in [0.2, 0.25) is 5.91 Å². The first-order valence-electron chi connectivity index (χ1n) is 7.99. The number of nitriles is 1. The quantitative estimate of drug-likeness (QED) is 0.779. The fourth-order valence-electron chi connectivity index (χ4n) is 3.15. The van der Waals surface area contributed by atoms with Gasteiger partial charge in [0, 0.05) is 12.6 Å². The molecular formula is C16H29N3O. The van der Waals surface area contributed by atoms with Crippen molar-refractivity contribution >= 4 is 5.91 Å². The van der Waals surface area contributed by atoms with Gasteiger partial charge in [0.15, 0.2) is 0 Å². The molecule has 1 aliphatic heterocycles. The maximum Gasteiger partial charge on any atom is 0.240 e. The van der Waals surface area contributed by atoms with Crippen LogP contribution in [0.1, 0.15) is 58.8 Å². The fraction of sp³-hybridized carbons (Fsp3) is 0.875. The molecule has 0 aromatic rings. The molecule has 0 aromatic heterocycles. The zero-order valence-corrected chi connectivity index (χ0v) is 13.2. The van der Waals surface area contributed by atoms with E-state index < -0.39 is 5.41 Å². The number of carbonyl (C=O) groups is 1. The summed E-state index contributed by atoms with van der Waals surface area (Å²) in [5.74, 6) is -0.0670. The lowest BCUT2D eigenvalue weighted by Gasteiger charge is -2.33. The molecule has 4 nitrogen and oxygen atoms in total. The van der Waals surface area contributed by atoms with Crippen molar-refractivity contribution in [1.82, 2.24) is 10.2 Å². The van der Waals surface area contributed by atoms with Gasteiger partial charge in [0.05, 0.1) is 6.07 Å². The fourth-order valence-corrected chi connectivity index (χ4v) is 3.15. The number of hydrogen-bond donors (Lipinski definition) is 1. The van der Waals surface area contributed by atoms with Crippen LogP contribution in [0.25, 0.3) is 0 Å². The summed E-state index contributed by atoms with van der Waals surface area (Å²) in [7, 11) is 2.12. The van der Waals surface area contributed by atoms with Gasteiger partial charge in [0.1, 0.15) is 5.41 Å². The maximum absolute atomic E-state index is 12.5. The molecule has 1 unspecified atom stereocenters. The Kier molecular flexibility index (Phi) is 7.01. The molecule has 1 N–H and O–H groups in total. The molecule has 0 aromatic carbocycles. The number of piperidine rings is 1. The number of rotatable bonds is 7. The Morgan fingerprint density at radius 2 is 2.00 bits per heavy atom. The zero-order chi connectivity index (χ0) is 15.0. The van der Waals surface area contributed by atoms with Gasteiger partial charge >= 0.3 is 0 Å². The molecule has 1 atom stereocenters. The lowest BCUT2D eigenvalue weighted by Crippen LogP contribution is -2.48. The molecule has 114 valence electrons. The Hall–Kier alpha value is -1.08. The summed E-state index contributed by atoms with van der Waals surface area (Å²) in [6, 6.07) is 2.71. The van der Waals surface area contributed by atoms with Crippen LogP contribution in [0, 0.1) is 16.7 Å². The van der Waals surface area contributed by atoms with E-state index in [0.29, 0.717) is 25.4 Å². The van der Waals surface area contributed by atoms with E-state index in [1.54, 1.807) is 0 Å². The van der Waals surface area contributed by atoms with Crippen molar-refractivity contribution in [2.75, 3.05) is 20.1 Å². The predicted octanol–water partition coefficient (Wildman–Crippen LogP) is 2.70. The summed E-state index contributed by atoms with van der Waals surface area (Å²) in [5, 5.41) is 12.5. The summed E-state index contributed by atoms with van der Waals surface area (Å²) in [6.07, 6.45) is 6.66. The van der Waals surface area contributed by atoms with Crippen LogP contribution in [0.4, 0.5) is 0 Å². The van der Waals surface area contributed by atoms with Crippen molar-refractivity contribution in [2.45, 2.75) is 64.8 Å². The molecule has 1 saturated heterocycles. The third kappa shape index (κ3) is 4.21. The van der Waals surface area contributed by atoms with Gasteiger partial charge in [-0.2, -0.15) is 5.26 Å². The van der Waals surface area contributed by atoms with Gasteiger partial charge in [-0.05, 0) is 39.3 Å². The summed E-state index contributed by atoms with van der Waals surface area (Å²) in [6.45, 7) is 5.84. The van der Waals surface area contributed by atoms with Crippen LogP contribution in [0.3, 0.4) is 0 Å². The second-order valence-electron chi connectivity index (χ2n) is 6.03. The topological polar surface area (TPSA) is 56.1 Å². The van der Waals surface area contributed by atoms with E-state index in [1.807, 2.05) is 13.8 Å². The molecule has 0 spiro atoms. The van der Waals surface area contributed by atoms with Gasteiger partial charge in [-0.25, -0.2) is 0 Å². The van der Waals surface area contributed by atoms with Gasteiger partial charge in [-0.15, -0.1) is 0 Å². The Bertz CT molecular complexity index is 342. The molecule has 4 heteroatoms. The highest BCUT2D eigenvalue weighted by atomic mass is 16.2. The summed E-state index contributed by atoms with van der Waals surface area (Å²) >= 11 is 0.